The molecule has 328 valence electrons. The van der Waals surface area contributed by atoms with Gasteiger partial charge >= 0.3 is 0 Å². The molecule has 12 aromatic rings. The number of hydrogen-bond donors (Lipinski definition) is 0. The standard InChI is InChI=1S/C66H43N3O/c70-66-53-28-15-26-50(64(53)65-51(27-16-29-54(65)66)47-40-58(42-17-5-1-6-18-42)67-59(41-47)43-19-7-2-8-20-43)46-33-36-63-57(39-46)56-38-45(32-35-62(56)69(63)49-23-11-4-12-24-49)44-31-34-61-55(37-44)52-25-13-14-30-60(52)68(61)48-21-9-3-10-22-48/h1-41,53,64H. The molecule has 0 radical (unpaired) electrons. The highest BCUT2D eigenvalue weighted by Crippen LogP contribution is 2.53. The second-order valence-corrected chi connectivity index (χ2v) is 18.6. The Morgan fingerprint density at radius 1 is 0.371 bits per heavy atom. The molecule has 3 heterocycles. The third kappa shape index (κ3) is 6.30. The van der Waals surface area contributed by atoms with Crippen LogP contribution in [-0.4, -0.2) is 19.9 Å². The number of rotatable bonds is 7. The van der Waals surface area contributed by atoms with E-state index < -0.39 is 0 Å². The van der Waals surface area contributed by atoms with Crippen LogP contribution < -0.4 is 0 Å². The van der Waals surface area contributed by atoms with Crippen LogP contribution in [0, 0.1) is 5.92 Å². The first-order valence-corrected chi connectivity index (χ1v) is 24.1. The summed E-state index contributed by atoms with van der Waals surface area (Å²) in [7, 11) is 0. The van der Waals surface area contributed by atoms with Gasteiger partial charge in [0.2, 0.25) is 0 Å². The molecule has 0 saturated carbocycles. The molecule has 0 amide bonds. The summed E-state index contributed by atoms with van der Waals surface area (Å²) in [6, 6.07) is 82.1. The fourth-order valence-electron chi connectivity index (χ4n) is 11.5. The van der Waals surface area contributed by atoms with Gasteiger partial charge in [-0.05, 0) is 118 Å². The van der Waals surface area contributed by atoms with E-state index in [4.69, 9.17) is 4.98 Å². The van der Waals surface area contributed by atoms with E-state index in [9.17, 15) is 4.79 Å². The van der Waals surface area contributed by atoms with Gasteiger partial charge in [0.25, 0.3) is 0 Å². The molecule has 0 fully saturated rings. The summed E-state index contributed by atoms with van der Waals surface area (Å²) >= 11 is 0. The summed E-state index contributed by atoms with van der Waals surface area (Å²) in [6.45, 7) is 0. The second kappa shape index (κ2) is 16.0. The highest BCUT2D eigenvalue weighted by molar-refractivity contribution is 6.14. The molecule has 4 heteroatoms. The van der Waals surface area contributed by atoms with Crippen molar-refractivity contribution in [3.8, 4) is 56.1 Å². The van der Waals surface area contributed by atoms with Crippen LogP contribution in [-0.2, 0) is 0 Å². The average Bonchev–Trinajstić information content (AvgIpc) is 4.06. The lowest BCUT2D eigenvalue weighted by Crippen LogP contribution is -2.15. The first kappa shape index (κ1) is 40.0. The molecule has 2 aliphatic carbocycles. The molecule has 2 unspecified atom stereocenters. The maximum Gasteiger partial charge on any atom is 0.170 e. The van der Waals surface area contributed by atoms with Crippen molar-refractivity contribution in [1.29, 1.82) is 0 Å². The fourth-order valence-corrected chi connectivity index (χ4v) is 11.5. The summed E-state index contributed by atoms with van der Waals surface area (Å²) < 4.78 is 4.75. The summed E-state index contributed by atoms with van der Waals surface area (Å²) in [4.78, 5) is 19.8. The second-order valence-electron chi connectivity index (χ2n) is 18.6. The van der Waals surface area contributed by atoms with Crippen molar-refractivity contribution in [2.24, 2.45) is 5.92 Å². The number of aromatic nitrogens is 3. The summed E-state index contributed by atoms with van der Waals surface area (Å²) in [6.07, 6.45) is 6.44. The Morgan fingerprint density at radius 2 is 0.843 bits per heavy atom. The van der Waals surface area contributed by atoms with Gasteiger partial charge in [-0.25, -0.2) is 4.98 Å². The van der Waals surface area contributed by atoms with Crippen LogP contribution >= 0.6 is 0 Å². The van der Waals surface area contributed by atoms with Gasteiger partial charge in [-0.3, -0.25) is 4.79 Å². The molecule has 0 spiro atoms. The number of nitrogens with zero attached hydrogens (tertiary/aromatic N) is 3. The van der Waals surface area contributed by atoms with Gasteiger partial charge in [0.1, 0.15) is 0 Å². The normalized spacial score (nSPS) is 15.2. The minimum absolute atomic E-state index is 0.166. The lowest BCUT2D eigenvalue weighted by molar-refractivity contribution is 0.0955. The Kier molecular flexibility index (Phi) is 9.15. The molecule has 14 rings (SSSR count). The Morgan fingerprint density at radius 3 is 1.43 bits per heavy atom. The van der Waals surface area contributed by atoms with Crippen LogP contribution in [0.5, 0.6) is 0 Å². The van der Waals surface area contributed by atoms with E-state index >= 15 is 0 Å². The largest absolute Gasteiger partial charge is 0.309 e. The van der Waals surface area contributed by atoms with Crippen molar-refractivity contribution in [2.75, 3.05) is 0 Å². The van der Waals surface area contributed by atoms with Crippen LogP contribution in [0.15, 0.2) is 249 Å². The van der Waals surface area contributed by atoms with Crippen LogP contribution in [0.3, 0.4) is 0 Å². The van der Waals surface area contributed by atoms with E-state index in [0.717, 1.165) is 83.9 Å². The van der Waals surface area contributed by atoms with Crippen molar-refractivity contribution < 1.29 is 4.79 Å². The zero-order chi connectivity index (χ0) is 46.3. The van der Waals surface area contributed by atoms with Gasteiger partial charge in [-0.2, -0.15) is 0 Å². The van der Waals surface area contributed by atoms with Gasteiger partial charge in [0.05, 0.1) is 39.4 Å². The van der Waals surface area contributed by atoms with Crippen molar-refractivity contribution in [2.45, 2.75) is 5.92 Å². The van der Waals surface area contributed by atoms with E-state index in [-0.39, 0.29) is 17.6 Å². The zero-order valence-electron chi connectivity index (χ0n) is 38.1. The Labute approximate surface area is 405 Å². The molecule has 0 aliphatic heterocycles. The number of allylic oxidation sites excluding steroid dienone is 4. The van der Waals surface area contributed by atoms with Crippen molar-refractivity contribution >= 4 is 55.0 Å². The van der Waals surface area contributed by atoms with Gasteiger partial charge in [0.15, 0.2) is 5.78 Å². The first-order chi connectivity index (χ1) is 34.6. The van der Waals surface area contributed by atoms with Gasteiger partial charge in [-0.15, -0.1) is 0 Å². The third-order valence-electron chi connectivity index (χ3n) is 14.7. The lowest BCUT2D eigenvalue weighted by atomic mass is 9.77. The topological polar surface area (TPSA) is 39.8 Å². The fraction of sp³-hybridized carbons (Fsp3) is 0.0303. The van der Waals surface area contributed by atoms with Crippen molar-refractivity contribution in [3.05, 3.63) is 265 Å². The predicted molar refractivity (Wildman–Crippen MR) is 289 cm³/mol. The van der Waals surface area contributed by atoms with Crippen molar-refractivity contribution in [1.82, 2.24) is 14.1 Å². The number of carbonyl (C=O) groups excluding carboxylic acids is 1. The number of fused-ring (bicyclic) bond motifs is 9. The van der Waals surface area contributed by atoms with E-state index in [2.05, 4.69) is 234 Å². The Balaban J connectivity index is 0.932. The number of Topliss-reactive ketones (excluding diaryl/α,β-unsaturated/α-hetero) is 1. The predicted octanol–water partition coefficient (Wildman–Crippen LogP) is 16.5. The molecule has 2 atom stereocenters. The summed E-state index contributed by atoms with van der Waals surface area (Å²) in [5.74, 6) is -0.312. The minimum atomic E-state index is -0.309. The maximum atomic E-state index is 14.6. The molecule has 0 N–H and O–H groups in total. The Bertz CT molecular complexity index is 4070. The van der Waals surface area contributed by atoms with Crippen molar-refractivity contribution in [3.63, 3.8) is 0 Å². The lowest BCUT2D eigenvalue weighted by Gasteiger charge is -2.25. The Hall–Kier alpha value is -9.12. The van der Waals surface area contributed by atoms with E-state index in [1.54, 1.807) is 0 Å². The average molecular weight is 894 g/mol. The molecule has 70 heavy (non-hydrogen) atoms. The first-order valence-electron chi connectivity index (χ1n) is 24.1. The minimum Gasteiger partial charge on any atom is -0.309 e. The number of carbonyl (C=O) groups is 1. The quantitative estimate of drug-likeness (QED) is 0.160. The van der Waals surface area contributed by atoms with E-state index in [1.165, 1.54) is 38.1 Å². The molecule has 0 bridgehead atoms. The highest BCUT2D eigenvalue weighted by Gasteiger charge is 2.43. The number of benzene rings is 9. The number of hydrogen-bond acceptors (Lipinski definition) is 2. The smallest absolute Gasteiger partial charge is 0.170 e. The number of pyridine rings is 1. The van der Waals surface area contributed by atoms with Crippen LogP contribution in [0.25, 0.3) is 105 Å². The number of para-hydroxylation sites is 3. The molecule has 2 aliphatic rings. The van der Waals surface area contributed by atoms with E-state index in [0.29, 0.717) is 0 Å². The van der Waals surface area contributed by atoms with Gasteiger partial charge in [0, 0.05) is 55.5 Å². The van der Waals surface area contributed by atoms with Crippen LogP contribution in [0.4, 0.5) is 0 Å². The molecular weight excluding hydrogens is 851 g/mol. The SMILES string of the molecule is O=C1c2cccc(-c3cc(-c4ccccc4)nc(-c4ccccc4)c3)c2C2C(c3ccc4c(c3)c3cc(-c5ccc6c(c5)c5ccccc5n6-c5ccccc5)ccc3n4-c3ccccc3)=CC=CC12. The number of ketones is 1. The maximum absolute atomic E-state index is 14.6. The highest BCUT2D eigenvalue weighted by atomic mass is 16.1. The molecule has 3 aromatic heterocycles. The summed E-state index contributed by atoms with van der Waals surface area (Å²) in [5.41, 5.74) is 19.4. The van der Waals surface area contributed by atoms with E-state index in [1.807, 2.05) is 24.3 Å². The molecule has 4 nitrogen and oxygen atoms in total. The molecule has 9 aromatic carbocycles. The molecule has 0 saturated heterocycles. The zero-order valence-corrected chi connectivity index (χ0v) is 38.1. The van der Waals surface area contributed by atoms with Gasteiger partial charge < -0.3 is 9.13 Å². The molecular formula is C66H43N3O. The summed E-state index contributed by atoms with van der Waals surface area (Å²) in [5, 5.41) is 4.80. The van der Waals surface area contributed by atoms with Gasteiger partial charge in [-0.1, -0.05) is 170 Å². The monoisotopic (exact) mass is 893 g/mol. The third-order valence-corrected chi connectivity index (χ3v) is 14.7. The van der Waals surface area contributed by atoms with Crippen LogP contribution in [0.1, 0.15) is 27.4 Å². The van der Waals surface area contributed by atoms with Crippen LogP contribution in [0.2, 0.25) is 0 Å².